The Morgan fingerprint density at radius 1 is 1.64 bits per heavy atom. The topological polar surface area (TPSA) is 12.4 Å². The van der Waals surface area contributed by atoms with Gasteiger partial charge in [0.1, 0.15) is 0 Å². The van der Waals surface area contributed by atoms with E-state index in [0.717, 1.165) is 10.6 Å². The summed E-state index contributed by atoms with van der Waals surface area (Å²) in [6.45, 7) is 0. The quantitative estimate of drug-likeness (QED) is 0.458. The van der Waals surface area contributed by atoms with Crippen LogP contribution >= 0.6 is 11.8 Å². The molecular weight excluding hydrogens is 154 g/mol. The summed E-state index contributed by atoms with van der Waals surface area (Å²) >= 11 is 1.65. The molecule has 0 aliphatic rings. The zero-order chi connectivity index (χ0) is 8.10. The van der Waals surface area contributed by atoms with Crippen molar-refractivity contribution < 1.29 is 0 Å². The summed E-state index contributed by atoms with van der Waals surface area (Å²) in [6.07, 6.45) is 2.02. The summed E-state index contributed by atoms with van der Waals surface area (Å²) in [5.74, 6) is 0. The van der Waals surface area contributed by atoms with E-state index < -0.39 is 0 Å². The van der Waals surface area contributed by atoms with Crippen LogP contribution in [0.4, 0.5) is 0 Å². The fourth-order valence-corrected chi connectivity index (χ4v) is 1.41. The SMILES string of the molecule is C/N=C(/SC)c1c[c]ccc1. The van der Waals surface area contributed by atoms with Gasteiger partial charge in [0.05, 0.1) is 5.04 Å². The van der Waals surface area contributed by atoms with Gasteiger partial charge in [0.2, 0.25) is 0 Å². The van der Waals surface area contributed by atoms with Crippen LogP contribution in [0.5, 0.6) is 0 Å². The molecule has 0 unspecified atom stereocenters. The van der Waals surface area contributed by atoms with E-state index in [1.807, 2.05) is 30.5 Å². The van der Waals surface area contributed by atoms with Crippen molar-refractivity contribution in [3.05, 3.63) is 35.9 Å². The van der Waals surface area contributed by atoms with Crippen LogP contribution in [0.2, 0.25) is 0 Å². The normalized spacial score (nSPS) is 11.6. The molecule has 0 atom stereocenters. The first kappa shape index (κ1) is 8.34. The standard InChI is InChI=1S/C9H10NS/c1-10-9(11-2)8-6-4-3-5-7-8/h3-4,6-7H,1-2H3/b10-9+. The largest absolute Gasteiger partial charge is 0.281 e. The number of hydrogen-bond acceptors (Lipinski definition) is 2. The second kappa shape index (κ2) is 4.19. The van der Waals surface area contributed by atoms with Crippen molar-refractivity contribution in [3.63, 3.8) is 0 Å². The third-order valence-electron chi connectivity index (χ3n) is 1.35. The van der Waals surface area contributed by atoms with Gasteiger partial charge in [-0.05, 0) is 18.4 Å². The van der Waals surface area contributed by atoms with Gasteiger partial charge < -0.3 is 0 Å². The molecule has 0 bridgehead atoms. The lowest BCUT2D eigenvalue weighted by Crippen LogP contribution is -1.92. The number of hydrogen-bond donors (Lipinski definition) is 0. The first-order chi connectivity index (χ1) is 5.38. The molecule has 0 saturated heterocycles. The molecule has 0 aliphatic heterocycles. The third-order valence-corrected chi connectivity index (χ3v) is 2.16. The zero-order valence-corrected chi connectivity index (χ0v) is 7.48. The maximum absolute atomic E-state index is 4.14. The molecule has 0 saturated carbocycles. The maximum atomic E-state index is 4.14. The Kier molecular flexibility index (Phi) is 3.17. The number of rotatable bonds is 1. The molecule has 0 amide bonds. The van der Waals surface area contributed by atoms with E-state index in [4.69, 9.17) is 0 Å². The minimum atomic E-state index is 1.06. The van der Waals surface area contributed by atoms with Crippen molar-refractivity contribution in [2.45, 2.75) is 0 Å². The van der Waals surface area contributed by atoms with E-state index in [-0.39, 0.29) is 0 Å². The van der Waals surface area contributed by atoms with E-state index in [9.17, 15) is 0 Å². The molecule has 1 rings (SSSR count). The molecule has 57 valence electrons. The Hall–Kier alpha value is -0.760. The number of thioether (sulfide) groups is 1. The molecule has 11 heavy (non-hydrogen) atoms. The van der Waals surface area contributed by atoms with Crippen LogP contribution in [0, 0.1) is 6.07 Å². The van der Waals surface area contributed by atoms with Crippen LogP contribution in [-0.4, -0.2) is 18.3 Å². The van der Waals surface area contributed by atoms with Crippen molar-refractivity contribution in [2.75, 3.05) is 13.3 Å². The zero-order valence-electron chi connectivity index (χ0n) is 6.66. The molecule has 1 nitrogen and oxygen atoms in total. The van der Waals surface area contributed by atoms with E-state index in [1.54, 1.807) is 18.8 Å². The highest BCUT2D eigenvalue weighted by atomic mass is 32.2. The van der Waals surface area contributed by atoms with Crippen molar-refractivity contribution >= 4 is 16.8 Å². The fraction of sp³-hybridized carbons (Fsp3) is 0.222. The Labute approximate surface area is 71.5 Å². The van der Waals surface area contributed by atoms with Gasteiger partial charge in [0.25, 0.3) is 0 Å². The minimum Gasteiger partial charge on any atom is -0.281 e. The lowest BCUT2D eigenvalue weighted by Gasteiger charge is -1.99. The van der Waals surface area contributed by atoms with Crippen LogP contribution in [-0.2, 0) is 0 Å². The highest BCUT2D eigenvalue weighted by Gasteiger charge is 1.97. The highest BCUT2D eigenvalue weighted by Crippen LogP contribution is 2.09. The van der Waals surface area contributed by atoms with Crippen LogP contribution in [0.1, 0.15) is 5.56 Å². The predicted molar refractivity (Wildman–Crippen MR) is 51.3 cm³/mol. The van der Waals surface area contributed by atoms with Gasteiger partial charge in [0.15, 0.2) is 0 Å². The Balaban J connectivity index is 2.92. The molecule has 0 aliphatic carbocycles. The molecule has 0 spiro atoms. The lowest BCUT2D eigenvalue weighted by molar-refractivity contribution is 1.45. The Bertz CT molecular complexity index is 241. The minimum absolute atomic E-state index is 1.06. The fourth-order valence-electron chi connectivity index (χ4n) is 0.865. The molecule has 0 aromatic heterocycles. The second-order valence-electron chi connectivity index (χ2n) is 2.03. The van der Waals surface area contributed by atoms with E-state index >= 15 is 0 Å². The first-order valence-electron chi connectivity index (χ1n) is 3.35. The average molecular weight is 164 g/mol. The lowest BCUT2D eigenvalue weighted by atomic mass is 10.2. The van der Waals surface area contributed by atoms with E-state index in [0.29, 0.717) is 0 Å². The van der Waals surface area contributed by atoms with Gasteiger partial charge in [-0.15, -0.1) is 11.8 Å². The van der Waals surface area contributed by atoms with Crippen LogP contribution in [0.25, 0.3) is 0 Å². The summed E-state index contributed by atoms with van der Waals surface area (Å²) < 4.78 is 0. The number of benzene rings is 1. The molecule has 2 heteroatoms. The van der Waals surface area contributed by atoms with Crippen LogP contribution in [0.3, 0.4) is 0 Å². The van der Waals surface area contributed by atoms with Crippen LogP contribution in [0.15, 0.2) is 29.3 Å². The average Bonchev–Trinajstić information content (AvgIpc) is 2.09. The predicted octanol–water partition coefficient (Wildman–Crippen LogP) is 2.23. The summed E-state index contributed by atoms with van der Waals surface area (Å²) in [7, 11) is 1.80. The molecular formula is C9H10NS. The van der Waals surface area contributed by atoms with Gasteiger partial charge in [-0.1, -0.05) is 18.2 Å². The summed E-state index contributed by atoms with van der Waals surface area (Å²) in [5.41, 5.74) is 1.14. The van der Waals surface area contributed by atoms with Crippen molar-refractivity contribution in [3.8, 4) is 0 Å². The summed E-state index contributed by atoms with van der Waals surface area (Å²) in [5, 5.41) is 1.06. The van der Waals surface area contributed by atoms with E-state index in [1.165, 1.54) is 0 Å². The number of aliphatic imine (C=N–C) groups is 1. The van der Waals surface area contributed by atoms with E-state index in [2.05, 4.69) is 11.1 Å². The Morgan fingerprint density at radius 2 is 2.45 bits per heavy atom. The highest BCUT2D eigenvalue weighted by molar-refractivity contribution is 8.13. The van der Waals surface area contributed by atoms with Gasteiger partial charge in [0, 0.05) is 12.6 Å². The monoisotopic (exact) mass is 164 g/mol. The number of nitrogens with zero attached hydrogens (tertiary/aromatic N) is 1. The first-order valence-corrected chi connectivity index (χ1v) is 4.58. The van der Waals surface area contributed by atoms with Crippen molar-refractivity contribution in [1.29, 1.82) is 0 Å². The van der Waals surface area contributed by atoms with Gasteiger partial charge in [-0.2, -0.15) is 0 Å². The molecule has 1 radical (unpaired) electrons. The Morgan fingerprint density at radius 3 is 2.91 bits per heavy atom. The summed E-state index contributed by atoms with van der Waals surface area (Å²) in [4.78, 5) is 4.14. The third kappa shape index (κ3) is 2.09. The maximum Gasteiger partial charge on any atom is 0.0970 e. The molecule has 0 N–H and O–H groups in total. The molecule has 0 heterocycles. The second-order valence-corrected chi connectivity index (χ2v) is 2.82. The van der Waals surface area contributed by atoms with Crippen LogP contribution < -0.4 is 0 Å². The van der Waals surface area contributed by atoms with Gasteiger partial charge >= 0.3 is 0 Å². The summed E-state index contributed by atoms with van der Waals surface area (Å²) in [6, 6.07) is 10.9. The van der Waals surface area contributed by atoms with Crippen molar-refractivity contribution in [1.82, 2.24) is 0 Å². The molecule has 0 fully saturated rings. The van der Waals surface area contributed by atoms with Crippen molar-refractivity contribution in [2.24, 2.45) is 4.99 Å². The molecule has 1 aromatic rings. The molecule has 1 aromatic carbocycles. The van der Waals surface area contributed by atoms with Gasteiger partial charge in [-0.25, -0.2) is 0 Å². The van der Waals surface area contributed by atoms with Gasteiger partial charge in [-0.3, -0.25) is 4.99 Å². The smallest absolute Gasteiger partial charge is 0.0970 e.